The number of piperidine rings is 1. The van der Waals surface area contributed by atoms with Gasteiger partial charge in [0.05, 0.1) is 11.9 Å². The molecule has 1 spiro atoms. The lowest BCUT2D eigenvalue weighted by Gasteiger charge is -2.43. The topological polar surface area (TPSA) is 67.9 Å². The van der Waals surface area contributed by atoms with Gasteiger partial charge in [0, 0.05) is 36.5 Å². The van der Waals surface area contributed by atoms with Crippen LogP contribution in [0.1, 0.15) is 18.4 Å². The van der Waals surface area contributed by atoms with E-state index in [4.69, 9.17) is 21.1 Å². The van der Waals surface area contributed by atoms with Gasteiger partial charge in [-0.1, -0.05) is 18.2 Å². The van der Waals surface area contributed by atoms with Crippen molar-refractivity contribution in [2.75, 3.05) is 18.4 Å². The predicted molar refractivity (Wildman–Crippen MR) is 80.7 cm³/mol. The van der Waals surface area contributed by atoms with Gasteiger partial charge in [-0.05, 0) is 18.2 Å². The van der Waals surface area contributed by atoms with Crippen molar-refractivity contribution in [3.8, 4) is 0 Å². The number of hydrogen-bond donors (Lipinski definition) is 1. The molecular formula is C15H15ClN2O4. The second-order valence-corrected chi connectivity index (χ2v) is 5.67. The van der Waals surface area contributed by atoms with Crippen LogP contribution < -0.4 is 5.32 Å². The Labute approximate surface area is 132 Å². The van der Waals surface area contributed by atoms with Gasteiger partial charge in [-0.2, -0.15) is 0 Å². The molecule has 116 valence electrons. The van der Waals surface area contributed by atoms with Gasteiger partial charge in [0.15, 0.2) is 0 Å². The van der Waals surface area contributed by atoms with Crippen LogP contribution in [0.15, 0.2) is 31.0 Å². The molecule has 0 bridgehead atoms. The van der Waals surface area contributed by atoms with E-state index < -0.39 is 17.8 Å². The Bertz CT molecular complexity index is 638. The standard InChI is InChI=1S/C15H15ClN2O4/c1-2-21-14(20)18-7-5-15(6-8-18)11-9-10(16)3-4-12(11)17-13(19)22-15/h2-4,9H,1,5-8H2,(H,17,19). The number of carbonyl (C=O) groups is 2. The van der Waals surface area contributed by atoms with E-state index in [9.17, 15) is 9.59 Å². The number of carbonyl (C=O) groups excluding carboxylic acids is 2. The molecule has 2 aliphatic rings. The number of nitrogens with zero attached hydrogens (tertiary/aromatic N) is 1. The molecule has 7 heteroatoms. The first-order chi connectivity index (χ1) is 10.5. The molecule has 2 amide bonds. The zero-order valence-electron chi connectivity index (χ0n) is 11.8. The molecule has 6 nitrogen and oxygen atoms in total. The summed E-state index contributed by atoms with van der Waals surface area (Å²) in [5.74, 6) is 0. The maximum Gasteiger partial charge on any atom is 0.414 e. The van der Waals surface area contributed by atoms with Gasteiger partial charge in [0.2, 0.25) is 0 Å². The van der Waals surface area contributed by atoms with Crippen LogP contribution in [0.2, 0.25) is 5.02 Å². The molecule has 0 aliphatic carbocycles. The molecule has 0 radical (unpaired) electrons. The first-order valence-corrected chi connectivity index (χ1v) is 7.28. The summed E-state index contributed by atoms with van der Waals surface area (Å²) in [6.45, 7) is 4.21. The van der Waals surface area contributed by atoms with E-state index in [1.807, 2.05) is 0 Å². The number of benzene rings is 1. The number of rotatable bonds is 1. The Morgan fingerprint density at radius 2 is 2.18 bits per heavy atom. The molecule has 22 heavy (non-hydrogen) atoms. The van der Waals surface area contributed by atoms with Gasteiger partial charge >= 0.3 is 12.2 Å². The summed E-state index contributed by atoms with van der Waals surface area (Å²) in [5, 5.41) is 3.25. The molecule has 3 rings (SSSR count). The highest BCUT2D eigenvalue weighted by Gasteiger charge is 2.45. The molecular weight excluding hydrogens is 308 g/mol. The minimum absolute atomic E-state index is 0.423. The summed E-state index contributed by atoms with van der Waals surface area (Å²) in [7, 11) is 0. The molecule has 1 aromatic carbocycles. The van der Waals surface area contributed by atoms with Crippen LogP contribution in [0, 0.1) is 0 Å². The molecule has 1 N–H and O–H groups in total. The van der Waals surface area contributed by atoms with Gasteiger partial charge < -0.3 is 14.4 Å². The highest BCUT2D eigenvalue weighted by molar-refractivity contribution is 6.30. The fourth-order valence-electron chi connectivity index (χ4n) is 2.94. The largest absolute Gasteiger partial charge is 0.438 e. The van der Waals surface area contributed by atoms with Crippen LogP contribution in [0.5, 0.6) is 0 Å². The average molecular weight is 323 g/mol. The molecule has 1 fully saturated rings. The summed E-state index contributed by atoms with van der Waals surface area (Å²) >= 11 is 6.07. The van der Waals surface area contributed by atoms with E-state index in [1.54, 1.807) is 23.1 Å². The lowest BCUT2D eigenvalue weighted by Crippen LogP contribution is -2.49. The zero-order valence-corrected chi connectivity index (χ0v) is 12.6. The quantitative estimate of drug-likeness (QED) is 0.804. The van der Waals surface area contributed by atoms with Gasteiger partial charge in [-0.25, -0.2) is 9.59 Å². The van der Waals surface area contributed by atoms with Crippen LogP contribution in [0.4, 0.5) is 15.3 Å². The Kier molecular flexibility index (Phi) is 3.70. The van der Waals surface area contributed by atoms with Crippen molar-refractivity contribution in [1.29, 1.82) is 0 Å². The first kappa shape index (κ1) is 14.7. The van der Waals surface area contributed by atoms with Gasteiger partial charge in [-0.3, -0.25) is 5.32 Å². The third kappa shape index (κ3) is 2.50. The summed E-state index contributed by atoms with van der Waals surface area (Å²) in [4.78, 5) is 25.1. The van der Waals surface area contributed by atoms with Crippen molar-refractivity contribution >= 4 is 29.5 Å². The minimum atomic E-state index is -0.756. The van der Waals surface area contributed by atoms with Crippen molar-refractivity contribution in [3.05, 3.63) is 41.6 Å². The third-order valence-corrected chi connectivity index (χ3v) is 4.25. The Morgan fingerprint density at radius 3 is 2.86 bits per heavy atom. The molecule has 1 aromatic rings. The van der Waals surface area contributed by atoms with Crippen LogP contribution >= 0.6 is 11.6 Å². The number of anilines is 1. The van der Waals surface area contributed by atoms with Crippen LogP contribution in [-0.2, 0) is 15.1 Å². The maximum absolute atomic E-state index is 11.8. The second kappa shape index (κ2) is 5.53. The lowest BCUT2D eigenvalue weighted by atomic mass is 9.82. The summed E-state index contributed by atoms with van der Waals surface area (Å²) in [5.41, 5.74) is 0.784. The third-order valence-electron chi connectivity index (χ3n) is 4.01. The van der Waals surface area contributed by atoms with E-state index in [2.05, 4.69) is 11.9 Å². The first-order valence-electron chi connectivity index (χ1n) is 6.90. The minimum Gasteiger partial charge on any atom is -0.438 e. The van der Waals surface area contributed by atoms with Gasteiger partial charge in [0.1, 0.15) is 5.60 Å². The van der Waals surface area contributed by atoms with E-state index in [0.717, 1.165) is 11.8 Å². The Balaban J connectivity index is 1.86. The summed E-state index contributed by atoms with van der Waals surface area (Å²) in [6, 6.07) is 5.28. The van der Waals surface area contributed by atoms with Crippen molar-refractivity contribution in [2.45, 2.75) is 18.4 Å². The fourth-order valence-corrected chi connectivity index (χ4v) is 3.11. The predicted octanol–water partition coefficient (Wildman–Crippen LogP) is 3.47. The molecule has 2 heterocycles. The number of ether oxygens (including phenoxy) is 2. The highest BCUT2D eigenvalue weighted by atomic mass is 35.5. The van der Waals surface area contributed by atoms with Crippen LogP contribution in [0.25, 0.3) is 0 Å². The molecule has 0 atom stereocenters. The number of hydrogen-bond acceptors (Lipinski definition) is 4. The summed E-state index contributed by atoms with van der Waals surface area (Å²) < 4.78 is 10.4. The smallest absolute Gasteiger partial charge is 0.414 e. The van der Waals surface area contributed by atoms with Gasteiger partial charge in [-0.15, -0.1) is 0 Å². The number of amides is 2. The highest BCUT2D eigenvalue weighted by Crippen LogP contribution is 2.44. The SMILES string of the molecule is C=COC(=O)N1CCC2(CC1)OC(=O)Nc1ccc(Cl)cc12. The van der Waals surface area contributed by atoms with Crippen LogP contribution in [-0.4, -0.2) is 30.2 Å². The summed E-state index contributed by atoms with van der Waals surface area (Å²) in [6.07, 6.45) is 1.14. The van der Waals surface area contributed by atoms with Crippen LogP contribution in [0.3, 0.4) is 0 Å². The lowest BCUT2D eigenvalue weighted by molar-refractivity contribution is -0.0340. The molecule has 0 saturated carbocycles. The van der Waals surface area contributed by atoms with Crippen molar-refractivity contribution < 1.29 is 19.1 Å². The molecule has 0 aromatic heterocycles. The normalized spacial score (nSPS) is 19.0. The van der Waals surface area contributed by atoms with Crippen molar-refractivity contribution in [1.82, 2.24) is 4.90 Å². The van der Waals surface area contributed by atoms with E-state index in [0.29, 0.717) is 36.6 Å². The average Bonchev–Trinajstić information content (AvgIpc) is 2.49. The zero-order chi connectivity index (χ0) is 15.7. The fraction of sp³-hybridized carbons (Fsp3) is 0.333. The van der Waals surface area contributed by atoms with E-state index in [1.165, 1.54) is 0 Å². The Hall–Kier alpha value is -2.21. The Morgan fingerprint density at radius 1 is 1.45 bits per heavy atom. The van der Waals surface area contributed by atoms with E-state index >= 15 is 0 Å². The maximum atomic E-state index is 11.8. The molecule has 2 aliphatic heterocycles. The molecule has 1 saturated heterocycles. The second-order valence-electron chi connectivity index (χ2n) is 5.24. The number of halogens is 1. The molecule has 0 unspecified atom stereocenters. The van der Waals surface area contributed by atoms with E-state index in [-0.39, 0.29) is 0 Å². The van der Waals surface area contributed by atoms with Gasteiger partial charge in [0.25, 0.3) is 0 Å². The number of nitrogens with one attached hydrogen (secondary N) is 1. The monoisotopic (exact) mass is 322 g/mol. The van der Waals surface area contributed by atoms with Crippen molar-refractivity contribution in [2.24, 2.45) is 0 Å². The number of fused-ring (bicyclic) bond motifs is 2. The van der Waals surface area contributed by atoms with Crippen molar-refractivity contribution in [3.63, 3.8) is 0 Å². The number of likely N-dealkylation sites (tertiary alicyclic amines) is 1.